The van der Waals surface area contributed by atoms with Crippen molar-refractivity contribution in [3.63, 3.8) is 0 Å². The summed E-state index contributed by atoms with van der Waals surface area (Å²) in [4.78, 5) is 7.74. The first-order valence-corrected chi connectivity index (χ1v) is 9.45. The summed E-state index contributed by atoms with van der Waals surface area (Å²) in [5.74, 6) is 0.373. The van der Waals surface area contributed by atoms with E-state index < -0.39 is 5.95 Å². The van der Waals surface area contributed by atoms with Gasteiger partial charge in [-0.05, 0) is 69.0 Å². The molecule has 1 aliphatic rings. The number of nitrogens with zero attached hydrogens (tertiary/aromatic N) is 2. The molecule has 0 bridgehead atoms. The minimum Gasteiger partial charge on any atom is -0.396 e. The zero-order valence-corrected chi connectivity index (χ0v) is 16.8. The number of halogens is 3. The molecule has 0 saturated carbocycles. The summed E-state index contributed by atoms with van der Waals surface area (Å²) in [5.41, 5.74) is -0.0672. The Morgan fingerprint density at radius 2 is 1.72 bits per heavy atom. The van der Waals surface area contributed by atoms with Crippen molar-refractivity contribution in [1.82, 2.24) is 9.97 Å². The first-order chi connectivity index (χ1) is 12.0. The molecule has 5 nitrogen and oxygen atoms in total. The average Bonchev–Trinajstić information content (AvgIpc) is 2.61. The minimum atomic E-state index is -0.459. The molecule has 0 unspecified atom stereocenters. The normalized spacial score (nSPS) is 15.8. The SMILES string of the molecule is Fc1cccc(Br)n1.OCC1(CNc2cccc(Br)n2)CCOCC1. The molecule has 0 atom stereocenters. The number of pyridine rings is 2. The molecule has 0 spiro atoms. The van der Waals surface area contributed by atoms with Crippen molar-refractivity contribution in [2.24, 2.45) is 5.41 Å². The van der Waals surface area contributed by atoms with Crippen molar-refractivity contribution < 1.29 is 14.2 Å². The maximum Gasteiger partial charge on any atom is 0.213 e. The maximum absolute atomic E-state index is 12.0. The number of aliphatic hydroxyl groups is 1. The Balaban J connectivity index is 0.000000236. The zero-order valence-electron chi connectivity index (χ0n) is 13.6. The second-order valence-corrected chi connectivity index (χ2v) is 7.38. The molecule has 2 N–H and O–H groups in total. The smallest absolute Gasteiger partial charge is 0.213 e. The van der Waals surface area contributed by atoms with Crippen molar-refractivity contribution in [2.75, 3.05) is 31.7 Å². The van der Waals surface area contributed by atoms with Gasteiger partial charge in [0.1, 0.15) is 15.0 Å². The van der Waals surface area contributed by atoms with Gasteiger partial charge in [-0.1, -0.05) is 12.1 Å². The number of nitrogens with one attached hydrogen (secondary N) is 1. The second-order valence-electron chi connectivity index (χ2n) is 5.75. The summed E-state index contributed by atoms with van der Waals surface area (Å²) >= 11 is 6.35. The van der Waals surface area contributed by atoms with E-state index in [4.69, 9.17) is 4.74 Å². The molecular formula is C17H20Br2FN3O2. The molecule has 2 aromatic heterocycles. The summed E-state index contributed by atoms with van der Waals surface area (Å²) in [6.07, 6.45) is 1.79. The number of hydrogen-bond donors (Lipinski definition) is 2. The molecule has 1 aliphatic heterocycles. The highest BCUT2D eigenvalue weighted by Crippen LogP contribution is 2.30. The fraction of sp³-hybridized carbons (Fsp3) is 0.412. The van der Waals surface area contributed by atoms with Crippen LogP contribution < -0.4 is 5.32 Å². The number of anilines is 1. The summed E-state index contributed by atoms with van der Waals surface area (Å²) < 4.78 is 18.7. The topological polar surface area (TPSA) is 67.3 Å². The average molecular weight is 477 g/mol. The lowest BCUT2D eigenvalue weighted by Crippen LogP contribution is -2.39. The monoisotopic (exact) mass is 475 g/mol. The van der Waals surface area contributed by atoms with E-state index in [1.807, 2.05) is 18.2 Å². The third kappa shape index (κ3) is 6.97. The van der Waals surface area contributed by atoms with Crippen LogP contribution in [-0.2, 0) is 4.74 Å². The molecule has 136 valence electrons. The van der Waals surface area contributed by atoms with Gasteiger partial charge in [0, 0.05) is 25.2 Å². The van der Waals surface area contributed by atoms with Crippen LogP contribution in [0.4, 0.5) is 10.2 Å². The van der Waals surface area contributed by atoms with E-state index in [9.17, 15) is 9.50 Å². The van der Waals surface area contributed by atoms with Gasteiger partial charge in [0.15, 0.2) is 0 Å². The largest absolute Gasteiger partial charge is 0.396 e. The second kappa shape index (κ2) is 10.2. The molecule has 2 aromatic rings. The number of ether oxygens (including phenoxy) is 1. The molecule has 3 rings (SSSR count). The Bertz CT molecular complexity index is 653. The number of aliphatic hydroxyl groups excluding tert-OH is 1. The Kier molecular flexibility index (Phi) is 8.21. The lowest BCUT2D eigenvalue weighted by molar-refractivity contribution is -0.00861. The standard InChI is InChI=1S/C12H17BrN2O2.C5H3BrFN/c13-10-2-1-3-11(15-10)14-8-12(9-16)4-6-17-7-5-12;6-4-2-1-3-5(7)8-4/h1-3,16H,4-9H2,(H,14,15);1-3H. The van der Waals surface area contributed by atoms with Gasteiger partial charge in [0.25, 0.3) is 0 Å². The third-order valence-corrected chi connectivity index (χ3v) is 4.81. The van der Waals surface area contributed by atoms with Gasteiger partial charge in [0.05, 0.1) is 6.61 Å². The summed E-state index contributed by atoms with van der Waals surface area (Å²) in [7, 11) is 0. The molecule has 0 aromatic carbocycles. The number of aromatic nitrogens is 2. The predicted molar refractivity (Wildman–Crippen MR) is 102 cm³/mol. The van der Waals surface area contributed by atoms with Gasteiger partial charge in [-0.25, -0.2) is 9.97 Å². The van der Waals surface area contributed by atoms with Crippen LogP contribution in [-0.4, -0.2) is 41.4 Å². The van der Waals surface area contributed by atoms with E-state index in [0.29, 0.717) is 4.60 Å². The van der Waals surface area contributed by atoms with Gasteiger partial charge in [-0.2, -0.15) is 4.39 Å². The first-order valence-electron chi connectivity index (χ1n) is 7.86. The fourth-order valence-electron chi connectivity index (χ4n) is 2.36. The van der Waals surface area contributed by atoms with Crippen molar-refractivity contribution in [1.29, 1.82) is 0 Å². The van der Waals surface area contributed by atoms with Crippen LogP contribution in [0.2, 0.25) is 0 Å². The van der Waals surface area contributed by atoms with Gasteiger partial charge in [-0.15, -0.1) is 0 Å². The molecule has 25 heavy (non-hydrogen) atoms. The molecule has 1 saturated heterocycles. The van der Waals surface area contributed by atoms with Crippen molar-refractivity contribution in [3.8, 4) is 0 Å². The van der Waals surface area contributed by atoms with Gasteiger partial charge < -0.3 is 15.2 Å². The lowest BCUT2D eigenvalue weighted by atomic mass is 9.81. The number of rotatable bonds is 4. The van der Waals surface area contributed by atoms with E-state index in [1.54, 1.807) is 12.1 Å². The highest BCUT2D eigenvalue weighted by molar-refractivity contribution is 9.10. The van der Waals surface area contributed by atoms with E-state index in [0.717, 1.165) is 43.0 Å². The van der Waals surface area contributed by atoms with Crippen LogP contribution in [0.5, 0.6) is 0 Å². The van der Waals surface area contributed by atoms with Crippen molar-refractivity contribution in [2.45, 2.75) is 12.8 Å². The minimum absolute atomic E-state index is 0.0672. The Morgan fingerprint density at radius 1 is 1.08 bits per heavy atom. The predicted octanol–water partition coefficient (Wildman–Crippen LogP) is 4.03. The van der Waals surface area contributed by atoms with Gasteiger partial charge in [0.2, 0.25) is 5.95 Å². The zero-order chi connectivity index (χ0) is 18.1. The van der Waals surface area contributed by atoms with E-state index in [2.05, 4.69) is 47.1 Å². The van der Waals surface area contributed by atoms with Crippen LogP contribution >= 0.6 is 31.9 Å². The van der Waals surface area contributed by atoms with Gasteiger partial charge >= 0.3 is 0 Å². The van der Waals surface area contributed by atoms with E-state index in [1.165, 1.54) is 6.07 Å². The molecule has 8 heteroatoms. The Hall–Kier alpha value is -1.09. The van der Waals surface area contributed by atoms with Crippen LogP contribution in [0, 0.1) is 11.4 Å². The molecule has 3 heterocycles. The fourth-order valence-corrected chi connectivity index (χ4v) is 3.03. The quantitative estimate of drug-likeness (QED) is 0.652. The first kappa shape index (κ1) is 20.2. The molecule has 0 amide bonds. The highest BCUT2D eigenvalue weighted by atomic mass is 79.9. The van der Waals surface area contributed by atoms with Crippen LogP contribution in [0.25, 0.3) is 0 Å². The lowest BCUT2D eigenvalue weighted by Gasteiger charge is -2.35. The van der Waals surface area contributed by atoms with Crippen LogP contribution in [0.3, 0.4) is 0 Å². The Morgan fingerprint density at radius 3 is 2.24 bits per heavy atom. The Labute approximate surface area is 163 Å². The van der Waals surface area contributed by atoms with Crippen molar-refractivity contribution in [3.05, 3.63) is 51.6 Å². The van der Waals surface area contributed by atoms with E-state index in [-0.39, 0.29) is 12.0 Å². The number of hydrogen-bond acceptors (Lipinski definition) is 5. The molecule has 0 radical (unpaired) electrons. The van der Waals surface area contributed by atoms with Crippen molar-refractivity contribution >= 4 is 37.7 Å². The maximum atomic E-state index is 12.0. The van der Waals surface area contributed by atoms with Crippen LogP contribution in [0.15, 0.2) is 45.6 Å². The van der Waals surface area contributed by atoms with E-state index >= 15 is 0 Å². The van der Waals surface area contributed by atoms with Gasteiger partial charge in [-0.3, -0.25) is 0 Å². The van der Waals surface area contributed by atoms with Crippen LogP contribution in [0.1, 0.15) is 12.8 Å². The summed E-state index contributed by atoms with van der Waals surface area (Å²) in [6, 6.07) is 10.3. The molecule has 0 aliphatic carbocycles. The summed E-state index contributed by atoms with van der Waals surface area (Å²) in [6.45, 7) is 2.38. The third-order valence-electron chi connectivity index (χ3n) is 3.93. The summed E-state index contributed by atoms with van der Waals surface area (Å²) in [5, 5.41) is 12.8. The molecule has 1 fully saturated rings. The highest BCUT2D eigenvalue weighted by Gasteiger charge is 2.31. The molecular weight excluding hydrogens is 457 g/mol.